The molecule has 4 aliphatic rings. The molecule has 4 N–H and O–H groups in total. The number of rotatable bonds is 6. The van der Waals surface area contributed by atoms with Crippen molar-refractivity contribution in [2.75, 3.05) is 62.2 Å². The van der Waals surface area contributed by atoms with Crippen LogP contribution in [0.3, 0.4) is 0 Å². The van der Waals surface area contributed by atoms with Gasteiger partial charge in [0.15, 0.2) is 0 Å². The van der Waals surface area contributed by atoms with Gasteiger partial charge in [-0.3, -0.25) is 29.8 Å². The summed E-state index contributed by atoms with van der Waals surface area (Å²) in [6, 6.07) is 10.9. The first-order chi connectivity index (χ1) is 30.2. The number of aromatic nitrogens is 2. The van der Waals surface area contributed by atoms with Crippen LogP contribution in [-0.4, -0.2) is 108 Å². The Hall–Kier alpha value is -6.98. The number of urea groups is 2. The van der Waals surface area contributed by atoms with Crippen LogP contribution in [0.15, 0.2) is 48.5 Å². The Kier molecular flexibility index (Phi) is 12.2. The molecule has 0 bridgehead atoms. The molecule has 6 heterocycles. The topological polar surface area (TPSA) is 189 Å². The van der Waals surface area contributed by atoms with E-state index in [1.54, 1.807) is 9.80 Å². The number of nitrogens with zero attached hydrogens (tertiary/aromatic N) is 6. The molecule has 2 atom stereocenters. The van der Waals surface area contributed by atoms with Crippen LogP contribution in [-0.2, 0) is 20.7 Å². The molecule has 64 heavy (non-hydrogen) atoms. The fourth-order valence-electron chi connectivity index (χ4n) is 8.48. The number of pyridine rings is 2. The molecule has 2 aromatic carbocycles. The minimum atomic E-state index is -1.51. The summed E-state index contributed by atoms with van der Waals surface area (Å²) in [6.45, 7) is 19.5. The predicted molar refractivity (Wildman–Crippen MR) is 234 cm³/mol. The molecule has 18 heteroatoms. The van der Waals surface area contributed by atoms with Gasteiger partial charge in [-0.15, -0.1) is 0 Å². The van der Waals surface area contributed by atoms with Crippen molar-refractivity contribution < 1.29 is 37.5 Å². The van der Waals surface area contributed by atoms with E-state index in [-0.39, 0.29) is 34.1 Å². The first-order valence-corrected chi connectivity index (χ1v) is 21.1. The van der Waals surface area contributed by atoms with E-state index >= 15 is 0 Å². The van der Waals surface area contributed by atoms with Crippen LogP contribution in [0.4, 0.5) is 30.0 Å². The summed E-state index contributed by atoms with van der Waals surface area (Å²) in [7, 11) is 0. The zero-order chi connectivity index (χ0) is 46.4. The number of carbonyl (C=O) groups excluding carboxylic acids is 6. The zero-order valence-corrected chi connectivity index (χ0v) is 37.2. The van der Waals surface area contributed by atoms with Gasteiger partial charge in [-0.1, -0.05) is 24.3 Å². The van der Waals surface area contributed by atoms with Crippen molar-refractivity contribution in [3.05, 3.63) is 116 Å². The van der Waals surface area contributed by atoms with E-state index in [2.05, 4.69) is 43.2 Å². The highest BCUT2D eigenvalue weighted by Crippen LogP contribution is 2.30. The second-order valence-corrected chi connectivity index (χ2v) is 17.1. The first kappa shape index (κ1) is 45.1. The predicted octanol–water partition coefficient (Wildman–Crippen LogP) is 4.33. The SMILES string of the molecule is Cc1cc(C)c(N2CCN(C(=O)c3ccc([C@@]4(C)NC(=O)NC4=O)c(F)c3)CC2)nc1C.Cc1cc(C)c(N2CCN(C(=O)c3ccc([C@]4(C)NC(=O)NC4=O)c(F)c3)CC2)nc1C. The smallest absolute Gasteiger partial charge is 0.322 e. The molecule has 4 aromatic rings. The van der Waals surface area contributed by atoms with Gasteiger partial charge in [0.05, 0.1) is 0 Å². The van der Waals surface area contributed by atoms with Gasteiger partial charge in [0.1, 0.15) is 34.3 Å². The van der Waals surface area contributed by atoms with E-state index < -0.39 is 46.6 Å². The monoisotopic (exact) mass is 878 g/mol. The van der Waals surface area contributed by atoms with Crippen LogP contribution in [0.1, 0.15) is 79.3 Å². The Balaban J connectivity index is 0.000000191. The number of amides is 8. The van der Waals surface area contributed by atoms with Gasteiger partial charge in [0, 0.05) is 86.0 Å². The number of halogens is 2. The molecule has 8 rings (SSSR count). The molecule has 4 aliphatic heterocycles. The summed E-state index contributed by atoms with van der Waals surface area (Å²) in [4.78, 5) is 90.2. The van der Waals surface area contributed by atoms with Gasteiger partial charge in [0.25, 0.3) is 23.6 Å². The van der Waals surface area contributed by atoms with Crippen molar-refractivity contribution in [1.82, 2.24) is 41.0 Å². The Morgan fingerprint density at radius 2 is 0.875 bits per heavy atom. The van der Waals surface area contributed by atoms with Crippen LogP contribution in [0.2, 0.25) is 0 Å². The van der Waals surface area contributed by atoms with Gasteiger partial charge < -0.3 is 30.2 Å². The van der Waals surface area contributed by atoms with Crippen LogP contribution in [0, 0.1) is 53.2 Å². The second kappa shape index (κ2) is 17.3. The van der Waals surface area contributed by atoms with Gasteiger partial charge >= 0.3 is 12.1 Å². The summed E-state index contributed by atoms with van der Waals surface area (Å²) in [5, 5.41) is 9.09. The van der Waals surface area contributed by atoms with Crippen molar-refractivity contribution in [3.63, 3.8) is 0 Å². The lowest BCUT2D eigenvalue weighted by atomic mass is 9.91. The molecular weight excluding hydrogens is 827 g/mol. The number of aryl methyl sites for hydroxylation is 6. The van der Waals surface area contributed by atoms with Crippen LogP contribution < -0.4 is 31.1 Å². The van der Waals surface area contributed by atoms with Crippen molar-refractivity contribution in [3.8, 4) is 0 Å². The summed E-state index contributed by atoms with van der Waals surface area (Å²) in [5.41, 5.74) is 3.88. The maximum absolute atomic E-state index is 14.9. The normalized spacial score (nSPS) is 20.9. The number of benzene rings is 2. The van der Waals surface area contributed by atoms with E-state index in [4.69, 9.17) is 9.97 Å². The van der Waals surface area contributed by atoms with Crippen LogP contribution in [0.5, 0.6) is 0 Å². The standard InChI is InChI=1S/2C23H26FN5O3/c2*1-13-11-14(2)19(25-15(13)3)28-7-9-29(10-8-28)20(30)16-5-6-17(18(24)12-16)23(4)21(31)26-22(32)27-23/h2*5-6,11-12H,7-10H2,1-4H3,(H2,26,27,31,32)/t2*23-/m10/s1. The Labute approximate surface area is 369 Å². The second-order valence-electron chi connectivity index (χ2n) is 17.1. The Bertz CT molecular complexity index is 2430. The van der Waals surface area contributed by atoms with Gasteiger partial charge in [-0.2, -0.15) is 0 Å². The molecule has 2 aromatic heterocycles. The van der Waals surface area contributed by atoms with Crippen LogP contribution in [0.25, 0.3) is 0 Å². The Morgan fingerprint density at radius 3 is 1.17 bits per heavy atom. The quantitative estimate of drug-likeness (QED) is 0.203. The third kappa shape index (κ3) is 8.55. The van der Waals surface area contributed by atoms with E-state index in [9.17, 15) is 37.5 Å². The molecule has 4 fully saturated rings. The maximum atomic E-state index is 14.9. The largest absolute Gasteiger partial charge is 0.353 e. The zero-order valence-electron chi connectivity index (χ0n) is 37.2. The van der Waals surface area contributed by atoms with Gasteiger partial charge in [0.2, 0.25) is 0 Å². The molecule has 0 radical (unpaired) electrons. The maximum Gasteiger partial charge on any atom is 0.322 e. The lowest BCUT2D eigenvalue weighted by Gasteiger charge is -2.36. The highest BCUT2D eigenvalue weighted by Gasteiger charge is 2.46. The van der Waals surface area contributed by atoms with Crippen LogP contribution >= 0.6 is 0 Å². The highest BCUT2D eigenvalue weighted by atomic mass is 19.1. The number of hydrogen-bond donors (Lipinski definition) is 4. The molecule has 0 spiro atoms. The number of nitrogens with one attached hydrogen (secondary N) is 4. The number of carbonyl (C=O) groups is 6. The fourth-order valence-corrected chi connectivity index (χ4v) is 8.48. The van der Waals surface area contributed by atoms with E-state index in [0.717, 1.165) is 57.4 Å². The molecule has 16 nitrogen and oxygen atoms in total. The highest BCUT2D eigenvalue weighted by molar-refractivity contribution is 6.08. The number of imide groups is 2. The molecule has 336 valence electrons. The molecule has 8 amide bonds. The van der Waals surface area contributed by atoms with E-state index in [0.29, 0.717) is 52.4 Å². The summed E-state index contributed by atoms with van der Waals surface area (Å²) < 4.78 is 29.7. The number of piperazine rings is 2. The summed E-state index contributed by atoms with van der Waals surface area (Å²) >= 11 is 0. The summed E-state index contributed by atoms with van der Waals surface area (Å²) in [5.74, 6) is -1.39. The Morgan fingerprint density at radius 1 is 0.531 bits per heavy atom. The molecule has 0 unspecified atom stereocenters. The van der Waals surface area contributed by atoms with E-state index in [1.165, 1.54) is 38.1 Å². The third-order valence-corrected chi connectivity index (χ3v) is 12.6. The number of hydrogen-bond acceptors (Lipinski definition) is 10. The minimum absolute atomic E-state index is 0.0125. The molecule has 0 aliphatic carbocycles. The lowest BCUT2D eigenvalue weighted by Crippen LogP contribution is -2.49. The molecule has 4 saturated heterocycles. The third-order valence-electron chi connectivity index (χ3n) is 12.6. The minimum Gasteiger partial charge on any atom is -0.353 e. The van der Waals surface area contributed by atoms with Crippen molar-refractivity contribution >= 4 is 47.3 Å². The molecular formula is C46H52F2N10O6. The first-order valence-electron chi connectivity index (χ1n) is 21.1. The van der Waals surface area contributed by atoms with E-state index in [1.807, 2.05) is 41.5 Å². The van der Waals surface area contributed by atoms with Gasteiger partial charge in [-0.05, 0) is 102 Å². The molecule has 0 saturated carbocycles. The van der Waals surface area contributed by atoms with Crippen molar-refractivity contribution in [1.29, 1.82) is 0 Å². The number of anilines is 2. The average Bonchev–Trinajstić information content (AvgIpc) is 3.69. The van der Waals surface area contributed by atoms with Crippen molar-refractivity contribution in [2.24, 2.45) is 0 Å². The fraction of sp³-hybridized carbons (Fsp3) is 0.391. The summed E-state index contributed by atoms with van der Waals surface area (Å²) in [6.07, 6.45) is 0. The van der Waals surface area contributed by atoms with Gasteiger partial charge in [-0.25, -0.2) is 28.3 Å². The van der Waals surface area contributed by atoms with Crippen molar-refractivity contribution in [2.45, 2.75) is 66.5 Å². The lowest BCUT2D eigenvalue weighted by molar-refractivity contribution is -0.124. The average molecular weight is 879 g/mol.